The maximum absolute atomic E-state index is 12.8. The molecule has 2 aromatic carbocycles. The van der Waals surface area contributed by atoms with Gasteiger partial charge in [-0.25, -0.2) is 8.42 Å². The van der Waals surface area contributed by atoms with E-state index in [0.717, 1.165) is 37.4 Å². The molecule has 0 aromatic heterocycles. The largest absolute Gasteiger partial charge is 0.492 e. The number of carbonyl (C=O) groups is 1. The summed E-state index contributed by atoms with van der Waals surface area (Å²) in [6.45, 7) is 5.13. The van der Waals surface area contributed by atoms with Crippen molar-refractivity contribution in [1.29, 1.82) is 0 Å². The molecule has 2 saturated heterocycles. The molecule has 8 nitrogen and oxygen atoms in total. The van der Waals surface area contributed by atoms with Gasteiger partial charge >= 0.3 is 0 Å². The van der Waals surface area contributed by atoms with Crippen molar-refractivity contribution in [3.05, 3.63) is 59.1 Å². The molecule has 0 spiro atoms. The number of likely N-dealkylation sites (N-methyl/N-ethyl adjacent to an activating group) is 1. The molecule has 1 atom stereocenters. The first-order chi connectivity index (χ1) is 16.8. The topological polar surface area (TPSA) is 82.2 Å². The summed E-state index contributed by atoms with van der Waals surface area (Å²) < 4.78 is 33.2. The summed E-state index contributed by atoms with van der Waals surface area (Å²) in [4.78, 5) is 16.1. The van der Waals surface area contributed by atoms with Gasteiger partial charge in [-0.15, -0.1) is 0 Å². The van der Waals surface area contributed by atoms with Crippen LogP contribution in [0.1, 0.15) is 18.4 Å². The van der Waals surface area contributed by atoms with Crippen molar-refractivity contribution in [2.75, 3.05) is 52.9 Å². The van der Waals surface area contributed by atoms with Gasteiger partial charge in [-0.2, -0.15) is 4.31 Å². The fourth-order valence-electron chi connectivity index (χ4n) is 4.54. The third-order valence-electron chi connectivity index (χ3n) is 6.43. The summed E-state index contributed by atoms with van der Waals surface area (Å²) >= 11 is 5.88. The van der Waals surface area contributed by atoms with Crippen LogP contribution in [0.2, 0.25) is 5.02 Å². The lowest BCUT2D eigenvalue weighted by molar-refractivity contribution is -0.119. The van der Waals surface area contributed by atoms with Crippen molar-refractivity contribution >= 4 is 27.5 Å². The van der Waals surface area contributed by atoms with E-state index >= 15 is 0 Å². The highest BCUT2D eigenvalue weighted by Gasteiger charge is 2.28. The fraction of sp³-hybridized carbons (Fsp3) is 0.480. The highest BCUT2D eigenvalue weighted by molar-refractivity contribution is 7.89. The summed E-state index contributed by atoms with van der Waals surface area (Å²) in [5, 5.41) is 3.53. The number of halogens is 1. The molecule has 190 valence electrons. The third-order valence-corrected chi connectivity index (χ3v) is 8.59. The van der Waals surface area contributed by atoms with Crippen LogP contribution in [0, 0.1) is 0 Å². The molecule has 0 aliphatic carbocycles. The Hall–Kier alpha value is -2.17. The van der Waals surface area contributed by atoms with E-state index in [1.807, 2.05) is 12.1 Å². The molecule has 0 radical (unpaired) electrons. The number of benzene rings is 2. The van der Waals surface area contributed by atoms with E-state index in [0.29, 0.717) is 44.2 Å². The van der Waals surface area contributed by atoms with Crippen molar-refractivity contribution in [2.45, 2.75) is 30.3 Å². The molecular formula is C25H33ClN4O4S. The van der Waals surface area contributed by atoms with Crippen molar-refractivity contribution in [3.63, 3.8) is 0 Å². The number of sulfonamides is 1. The predicted octanol–water partition coefficient (Wildman–Crippen LogP) is 2.44. The second-order valence-electron chi connectivity index (χ2n) is 9.20. The zero-order valence-electron chi connectivity index (χ0n) is 20.0. The summed E-state index contributed by atoms with van der Waals surface area (Å²) in [5.41, 5.74) is 1.16. The molecule has 10 heteroatoms. The van der Waals surface area contributed by atoms with Gasteiger partial charge in [0.1, 0.15) is 12.4 Å². The highest BCUT2D eigenvalue weighted by Crippen LogP contribution is 2.20. The Bertz CT molecular complexity index is 1100. The minimum atomic E-state index is -3.50. The van der Waals surface area contributed by atoms with Crippen LogP contribution in [0.15, 0.2) is 53.4 Å². The standard InChI is InChI=1S/C25H33ClN4O4S/c1-28(19-22-7-10-25(31)27-22)18-20-3-2-4-23(17-20)34-16-15-29-11-13-30(14-12-29)35(32,33)24-8-5-21(26)6-9-24/h2-6,8-9,17,22H,7,10-16,18-19H2,1H3,(H,27,31)/t22-/m1/s1. The van der Waals surface area contributed by atoms with Gasteiger partial charge in [-0.1, -0.05) is 23.7 Å². The fourth-order valence-corrected chi connectivity index (χ4v) is 6.09. The lowest BCUT2D eigenvalue weighted by Crippen LogP contribution is -2.49. The molecule has 4 rings (SSSR count). The van der Waals surface area contributed by atoms with Gasteiger partial charge in [-0.3, -0.25) is 9.69 Å². The summed E-state index contributed by atoms with van der Waals surface area (Å²) in [6, 6.07) is 14.6. The van der Waals surface area contributed by atoms with E-state index in [9.17, 15) is 13.2 Å². The quantitative estimate of drug-likeness (QED) is 0.518. The molecule has 2 aliphatic heterocycles. The molecule has 0 unspecified atom stereocenters. The van der Waals surface area contributed by atoms with E-state index in [4.69, 9.17) is 16.3 Å². The number of carbonyl (C=O) groups excluding carboxylic acids is 1. The smallest absolute Gasteiger partial charge is 0.243 e. The maximum atomic E-state index is 12.8. The first-order valence-electron chi connectivity index (χ1n) is 12.0. The van der Waals surface area contributed by atoms with Crippen LogP contribution in [0.25, 0.3) is 0 Å². The van der Waals surface area contributed by atoms with E-state index in [1.165, 1.54) is 4.31 Å². The average molecular weight is 521 g/mol. The maximum Gasteiger partial charge on any atom is 0.243 e. The Morgan fingerprint density at radius 1 is 1.11 bits per heavy atom. The number of nitrogens with one attached hydrogen (secondary N) is 1. The Balaban J connectivity index is 1.19. The van der Waals surface area contributed by atoms with Gasteiger partial charge in [0, 0.05) is 63.3 Å². The van der Waals surface area contributed by atoms with Crippen molar-refractivity contribution in [1.82, 2.24) is 19.4 Å². The van der Waals surface area contributed by atoms with E-state index < -0.39 is 10.0 Å². The number of amides is 1. The molecular weight excluding hydrogens is 488 g/mol. The minimum Gasteiger partial charge on any atom is -0.492 e. The van der Waals surface area contributed by atoms with Crippen molar-refractivity contribution in [3.8, 4) is 5.75 Å². The predicted molar refractivity (Wildman–Crippen MR) is 136 cm³/mol. The normalized spacial score (nSPS) is 19.7. The average Bonchev–Trinajstić information content (AvgIpc) is 3.24. The van der Waals surface area contributed by atoms with Crippen LogP contribution in [-0.2, 0) is 21.4 Å². The molecule has 2 fully saturated rings. The Morgan fingerprint density at radius 3 is 2.54 bits per heavy atom. The number of piperazine rings is 1. The van der Waals surface area contributed by atoms with E-state index in [1.54, 1.807) is 24.3 Å². The molecule has 0 bridgehead atoms. The van der Waals surface area contributed by atoms with Crippen LogP contribution < -0.4 is 10.1 Å². The SMILES string of the molecule is CN(Cc1cccc(OCCN2CCN(S(=O)(=O)c3ccc(Cl)cc3)CC2)c1)C[C@H]1CCC(=O)N1. The summed E-state index contributed by atoms with van der Waals surface area (Å²) in [5.74, 6) is 0.970. The first-order valence-corrected chi connectivity index (χ1v) is 13.8. The number of ether oxygens (including phenoxy) is 1. The second-order valence-corrected chi connectivity index (χ2v) is 11.6. The van der Waals surface area contributed by atoms with Gasteiger partial charge in [0.05, 0.1) is 4.90 Å². The number of hydrogen-bond donors (Lipinski definition) is 1. The Kier molecular flexibility index (Phi) is 8.67. The number of hydrogen-bond acceptors (Lipinski definition) is 6. The molecule has 2 aromatic rings. The summed E-state index contributed by atoms with van der Waals surface area (Å²) in [6.07, 6.45) is 1.52. The summed E-state index contributed by atoms with van der Waals surface area (Å²) in [7, 11) is -1.44. The Labute approximate surface area is 212 Å². The lowest BCUT2D eigenvalue weighted by atomic mass is 10.1. The van der Waals surface area contributed by atoms with Crippen LogP contribution in [0.3, 0.4) is 0 Å². The first kappa shape index (κ1) is 25.9. The van der Waals surface area contributed by atoms with Gasteiger partial charge in [-0.05, 0) is 55.4 Å². The van der Waals surface area contributed by atoms with Crippen LogP contribution >= 0.6 is 11.6 Å². The van der Waals surface area contributed by atoms with Crippen molar-refractivity contribution in [2.24, 2.45) is 0 Å². The number of rotatable bonds is 10. The van der Waals surface area contributed by atoms with Crippen molar-refractivity contribution < 1.29 is 17.9 Å². The zero-order chi connectivity index (χ0) is 24.8. The van der Waals surface area contributed by atoms with Gasteiger partial charge in [0.25, 0.3) is 0 Å². The van der Waals surface area contributed by atoms with Gasteiger partial charge < -0.3 is 15.0 Å². The Morgan fingerprint density at radius 2 is 1.86 bits per heavy atom. The molecule has 0 saturated carbocycles. The third kappa shape index (κ3) is 7.17. The monoisotopic (exact) mass is 520 g/mol. The van der Waals surface area contributed by atoms with Crippen LogP contribution in [-0.4, -0.2) is 87.4 Å². The molecule has 1 amide bonds. The van der Waals surface area contributed by atoms with E-state index in [-0.39, 0.29) is 16.8 Å². The molecule has 2 heterocycles. The van der Waals surface area contributed by atoms with Crippen LogP contribution in [0.4, 0.5) is 0 Å². The molecule has 2 aliphatic rings. The van der Waals surface area contributed by atoms with Gasteiger partial charge in [0.2, 0.25) is 15.9 Å². The highest BCUT2D eigenvalue weighted by atomic mass is 35.5. The lowest BCUT2D eigenvalue weighted by Gasteiger charge is -2.33. The second kappa shape index (κ2) is 11.7. The number of nitrogens with zero attached hydrogens (tertiary/aromatic N) is 3. The van der Waals surface area contributed by atoms with E-state index in [2.05, 4.69) is 34.3 Å². The minimum absolute atomic E-state index is 0.142. The van der Waals surface area contributed by atoms with Crippen LogP contribution in [0.5, 0.6) is 5.75 Å². The van der Waals surface area contributed by atoms with Gasteiger partial charge in [0.15, 0.2) is 0 Å². The zero-order valence-corrected chi connectivity index (χ0v) is 21.6. The molecule has 1 N–H and O–H groups in total. The molecule has 35 heavy (non-hydrogen) atoms.